The van der Waals surface area contributed by atoms with E-state index in [4.69, 9.17) is 5.73 Å². The number of benzene rings is 1. The van der Waals surface area contributed by atoms with E-state index >= 15 is 0 Å². The first-order valence-electron chi connectivity index (χ1n) is 8.35. The van der Waals surface area contributed by atoms with Crippen LogP contribution in [0.15, 0.2) is 30.5 Å². The van der Waals surface area contributed by atoms with Crippen molar-refractivity contribution >= 4 is 23.3 Å². The lowest BCUT2D eigenvalue weighted by Crippen LogP contribution is -2.41. The Morgan fingerprint density at radius 1 is 1.31 bits per heavy atom. The molecule has 0 spiro atoms. The van der Waals surface area contributed by atoms with E-state index in [0.29, 0.717) is 24.5 Å². The normalized spacial score (nSPS) is 11.7. The molecule has 0 saturated carbocycles. The van der Waals surface area contributed by atoms with Crippen LogP contribution in [0.5, 0.6) is 0 Å². The van der Waals surface area contributed by atoms with Gasteiger partial charge < -0.3 is 21.7 Å². The molecule has 1 atom stereocenters. The maximum Gasteiger partial charge on any atom is 0.271 e. The lowest BCUT2D eigenvalue weighted by atomic mass is 10.1. The molecular weight excluding hydrogens is 332 g/mol. The molecule has 138 valence electrons. The summed E-state index contributed by atoms with van der Waals surface area (Å²) in [7, 11) is 1.74. The van der Waals surface area contributed by atoms with Gasteiger partial charge in [0.1, 0.15) is 0 Å². The standard InChI is InChI=1S/C18H24N6O2/c1-11-10-22-17(15(23-11)16(19)25)24-14-6-4-5-13(9-14)7-8-21-18(26)12(2)20-3/h4-6,9-10,12,20H,7-8H2,1-3H3,(H2,19,25)(H,21,26)(H,22,24). The van der Waals surface area contributed by atoms with E-state index in [9.17, 15) is 9.59 Å². The van der Waals surface area contributed by atoms with Crippen LogP contribution in [-0.2, 0) is 11.2 Å². The summed E-state index contributed by atoms with van der Waals surface area (Å²) in [6.45, 7) is 4.08. The Balaban J connectivity index is 2.04. The molecule has 0 fully saturated rings. The molecule has 8 nitrogen and oxygen atoms in total. The van der Waals surface area contributed by atoms with Crippen LogP contribution in [0.2, 0.25) is 0 Å². The molecule has 5 N–H and O–H groups in total. The largest absolute Gasteiger partial charge is 0.364 e. The maximum atomic E-state index is 11.8. The Kier molecular flexibility index (Phi) is 6.62. The highest BCUT2D eigenvalue weighted by atomic mass is 16.2. The third-order valence-electron chi connectivity index (χ3n) is 3.86. The smallest absolute Gasteiger partial charge is 0.271 e. The number of carbonyl (C=O) groups is 2. The van der Waals surface area contributed by atoms with Crippen molar-refractivity contribution in [3.05, 3.63) is 47.4 Å². The SMILES string of the molecule is CNC(C)C(=O)NCCc1cccc(Nc2ncc(C)nc2C(N)=O)c1. The van der Waals surface area contributed by atoms with Gasteiger partial charge in [0, 0.05) is 12.2 Å². The average Bonchev–Trinajstić information content (AvgIpc) is 2.62. The predicted molar refractivity (Wildman–Crippen MR) is 100 cm³/mol. The molecule has 0 bridgehead atoms. The molecule has 2 amide bonds. The van der Waals surface area contributed by atoms with Crippen LogP contribution in [0.4, 0.5) is 11.5 Å². The highest BCUT2D eigenvalue weighted by Gasteiger charge is 2.12. The van der Waals surface area contributed by atoms with Gasteiger partial charge >= 0.3 is 0 Å². The molecule has 0 aliphatic heterocycles. The number of amides is 2. The summed E-state index contributed by atoms with van der Waals surface area (Å²) in [5.41, 5.74) is 7.88. The van der Waals surface area contributed by atoms with Crippen molar-refractivity contribution < 1.29 is 9.59 Å². The fourth-order valence-electron chi connectivity index (χ4n) is 2.30. The molecule has 0 radical (unpaired) electrons. The number of hydrogen-bond donors (Lipinski definition) is 4. The highest BCUT2D eigenvalue weighted by molar-refractivity contribution is 5.96. The van der Waals surface area contributed by atoms with Crippen LogP contribution in [0.3, 0.4) is 0 Å². The van der Waals surface area contributed by atoms with Crippen molar-refractivity contribution in [1.29, 1.82) is 0 Å². The molecule has 8 heteroatoms. The van der Waals surface area contributed by atoms with Crippen LogP contribution in [0.25, 0.3) is 0 Å². The second-order valence-corrected chi connectivity index (χ2v) is 5.95. The Bertz CT molecular complexity index is 793. The lowest BCUT2D eigenvalue weighted by Gasteiger charge is -2.12. The van der Waals surface area contributed by atoms with Crippen LogP contribution in [0, 0.1) is 6.92 Å². The number of likely N-dealkylation sites (N-methyl/N-ethyl adjacent to an activating group) is 1. The van der Waals surface area contributed by atoms with E-state index in [1.807, 2.05) is 24.3 Å². The number of aromatic nitrogens is 2. The van der Waals surface area contributed by atoms with E-state index in [2.05, 4.69) is 25.9 Å². The Labute approximate surface area is 152 Å². The van der Waals surface area contributed by atoms with Crippen molar-refractivity contribution in [2.24, 2.45) is 5.73 Å². The number of primary amides is 1. The third-order valence-corrected chi connectivity index (χ3v) is 3.86. The zero-order valence-electron chi connectivity index (χ0n) is 15.2. The number of anilines is 2. The molecule has 1 aromatic carbocycles. The summed E-state index contributed by atoms with van der Waals surface area (Å²) >= 11 is 0. The van der Waals surface area contributed by atoms with Gasteiger partial charge in [-0.1, -0.05) is 12.1 Å². The average molecular weight is 356 g/mol. The van der Waals surface area contributed by atoms with Crippen molar-refractivity contribution in [2.75, 3.05) is 18.9 Å². The molecule has 1 aromatic heterocycles. The third kappa shape index (κ3) is 5.25. The van der Waals surface area contributed by atoms with Gasteiger partial charge in [-0.25, -0.2) is 9.97 Å². The summed E-state index contributed by atoms with van der Waals surface area (Å²) in [5.74, 6) is -0.361. The van der Waals surface area contributed by atoms with Gasteiger partial charge in [-0.15, -0.1) is 0 Å². The van der Waals surface area contributed by atoms with Gasteiger partial charge in [-0.3, -0.25) is 9.59 Å². The second kappa shape index (κ2) is 8.91. The minimum Gasteiger partial charge on any atom is -0.364 e. The Morgan fingerprint density at radius 3 is 2.77 bits per heavy atom. The number of rotatable bonds is 8. The van der Waals surface area contributed by atoms with Crippen LogP contribution in [-0.4, -0.2) is 41.4 Å². The first-order valence-corrected chi connectivity index (χ1v) is 8.35. The second-order valence-electron chi connectivity index (χ2n) is 5.95. The van der Waals surface area contributed by atoms with Gasteiger partial charge in [-0.05, 0) is 45.0 Å². The lowest BCUT2D eigenvalue weighted by molar-refractivity contribution is -0.122. The van der Waals surface area contributed by atoms with Gasteiger partial charge in [-0.2, -0.15) is 0 Å². The Morgan fingerprint density at radius 2 is 2.08 bits per heavy atom. The first kappa shape index (κ1) is 19.3. The van der Waals surface area contributed by atoms with Gasteiger partial charge in [0.15, 0.2) is 11.5 Å². The van der Waals surface area contributed by atoms with Crippen LogP contribution in [0.1, 0.15) is 28.7 Å². The number of hydrogen-bond acceptors (Lipinski definition) is 6. The predicted octanol–water partition coefficient (Wildman–Crippen LogP) is 0.894. The van der Waals surface area contributed by atoms with E-state index in [0.717, 1.165) is 11.3 Å². The van der Waals surface area contributed by atoms with Gasteiger partial charge in [0.05, 0.1) is 17.9 Å². The fourth-order valence-corrected chi connectivity index (χ4v) is 2.30. The molecule has 2 aromatic rings. The number of carbonyl (C=O) groups excluding carboxylic acids is 2. The first-order chi connectivity index (χ1) is 12.4. The van der Waals surface area contributed by atoms with E-state index < -0.39 is 5.91 Å². The monoisotopic (exact) mass is 356 g/mol. The molecule has 26 heavy (non-hydrogen) atoms. The van der Waals surface area contributed by atoms with Crippen molar-refractivity contribution in [3.8, 4) is 0 Å². The van der Waals surface area contributed by atoms with Crippen molar-refractivity contribution in [1.82, 2.24) is 20.6 Å². The molecule has 0 saturated heterocycles. The summed E-state index contributed by atoms with van der Waals surface area (Å²) in [4.78, 5) is 31.6. The summed E-state index contributed by atoms with van der Waals surface area (Å²) < 4.78 is 0. The quantitative estimate of drug-likeness (QED) is 0.557. The minimum atomic E-state index is -0.638. The highest BCUT2D eigenvalue weighted by Crippen LogP contribution is 2.18. The van der Waals surface area contributed by atoms with Crippen LogP contribution >= 0.6 is 0 Å². The fraction of sp³-hybridized carbons (Fsp3) is 0.333. The molecular formula is C18H24N6O2. The molecule has 0 aliphatic carbocycles. The number of aryl methyl sites for hydroxylation is 1. The number of nitrogens with zero attached hydrogens (tertiary/aromatic N) is 2. The van der Waals surface area contributed by atoms with E-state index in [-0.39, 0.29) is 17.6 Å². The zero-order chi connectivity index (χ0) is 19.1. The van der Waals surface area contributed by atoms with Gasteiger partial charge in [0.2, 0.25) is 5.91 Å². The summed E-state index contributed by atoms with van der Waals surface area (Å²) in [5, 5.41) is 8.85. The maximum absolute atomic E-state index is 11.8. The summed E-state index contributed by atoms with van der Waals surface area (Å²) in [6, 6.07) is 7.42. The number of nitrogens with one attached hydrogen (secondary N) is 3. The zero-order valence-corrected chi connectivity index (χ0v) is 15.2. The topological polar surface area (TPSA) is 122 Å². The molecule has 2 rings (SSSR count). The van der Waals surface area contributed by atoms with E-state index in [1.165, 1.54) is 0 Å². The molecule has 0 aliphatic rings. The van der Waals surface area contributed by atoms with Crippen LogP contribution < -0.4 is 21.7 Å². The molecule has 1 heterocycles. The Hall–Kier alpha value is -3.00. The van der Waals surface area contributed by atoms with E-state index in [1.54, 1.807) is 27.1 Å². The van der Waals surface area contributed by atoms with Gasteiger partial charge in [0.25, 0.3) is 5.91 Å². The van der Waals surface area contributed by atoms with Crippen molar-refractivity contribution in [3.63, 3.8) is 0 Å². The van der Waals surface area contributed by atoms with Crippen molar-refractivity contribution in [2.45, 2.75) is 26.3 Å². The minimum absolute atomic E-state index is 0.0391. The molecule has 1 unspecified atom stereocenters. The summed E-state index contributed by atoms with van der Waals surface area (Å²) in [6.07, 6.45) is 2.25. The number of nitrogens with two attached hydrogens (primary N) is 1.